The first kappa shape index (κ1) is 14.9. The van der Waals surface area contributed by atoms with Crippen molar-refractivity contribution in [3.05, 3.63) is 0 Å². The summed E-state index contributed by atoms with van der Waals surface area (Å²) in [4.78, 5) is 22.2. The number of carbonyl (C=O) groups is 2. The summed E-state index contributed by atoms with van der Waals surface area (Å²) in [5.74, 6) is -0.602. The van der Waals surface area contributed by atoms with E-state index in [1.807, 2.05) is 6.92 Å². The van der Waals surface area contributed by atoms with Gasteiger partial charge in [0.15, 0.2) is 0 Å². The molecule has 0 aromatic heterocycles. The Morgan fingerprint density at radius 1 is 1.31 bits per heavy atom. The smallest absolute Gasteiger partial charge is 0.306 e. The van der Waals surface area contributed by atoms with Crippen LogP contribution >= 0.6 is 0 Å². The van der Waals surface area contributed by atoms with Crippen LogP contribution in [0.2, 0.25) is 0 Å². The van der Waals surface area contributed by atoms with E-state index in [-0.39, 0.29) is 31.3 Å². The van der Waals surface area contributed by atoms with Crippen LogP contribution in [0.15, 0.2) is 0 Å². The Balaban J connectivity index is 3.55. The molecule has 0 saturated heterocycles. The highest BCUT2D eigenvalue weighted by Crippen LogP contribution is 1.96. The summed E-state index contributed by atoms with van der Waals surface area (Å²) < 4.78 is 4.69. The molecular formula is C11H21NO4. The predicted molar refractivity (Wildman–Crippen MR) is 59.8 cm³/mol. The van der Waals surface area contributed by atoms with Gasteiger partial charge >= 0.3 is 5.97 Å². The van der Waals surface area contributed by atoms with Crippen molar-refractivity contribution in [2.45, 2.75) is 45.6 Å². The van der Waals surface area contributed by atoms with E-state index in [1.54, 1.807) is 6.92 Å². The van der Waals surface area contributed by atoms with Crippen LogP contribution in [0.3, 0.4) is 0 Å². The van der Waals surface area contributed by atoms with Gasteiger partial charge in [0.2, 0.25) is 5.91 Å². The summed E-state index contributed by atoms with van der Waals surface area (Å²) >= 11 is 0. The lowest BCUT2D eigenvalue weighted by Crippen LogP contribution is -2.32. The summed E-state index contributed by atoms with van der Waals surface area (Å²) in [5.41, 5.74) is 0. The zero-order valence-electron chi connectivity index (χ0n) is 9.99. The molecule has 1 amide bonds. The van der Waals surface area contributed by atoms with Crippen LogP contribution in [-0.4, -0.2) is 36.2 Å². The van der Waals surface area contributed by atoms with Crippen LogP contribution in [-0.2, 0) is 14.3 Å². The zero-order valence-corrected chi connectivity index (χ0v) is 9.99. The maximum Gasteiger partial charge on any atom is 0.306 e. The van der Waals surface area contributed by atoms with E-state index in [2.05, 4.69) is 10.1 Å². The van der Waals surface area contributed by atoms with Crippen molar-refractivity contribution < 1.29 is 19.4 Å². The third kappa shape index (κ3) is 8.23. The molecule has 0 saturated carbocycles. The Hall–Kier alpha value is -1.10. The second-order valence-corrected chi connectivity index (χ2v) is 3.55. The fourth-order valence-electron chi connectivity index (χ4n) is 1.20. The summed E-state index contributed by atoms with van der Waals surface area (Å²) in [6.45, 7) is 4.26. The number of esters is 1. The molecule has 0 bridgehead atoms. The molecule has 94 valence electrons. The Labute approximate surface area is 96.2 Å². The van der Waals surface area contributed by atoms with Crippen molar-refractivity contribution in [3.8, 4) is 0 Å². The first-order valence-corrected chi connectivity index (χ1v) is 5.70. The standard InChI is InChI=1S/C11H21NO4/c1-3-5-9(13)8-12-10(14)6-7-11(15)16-4-2/h9,13H,3-8H2,1-2H3,(H,12,14). The molecule has 16 heavy (non-hydrogen) atoms. The number of hydrogen-bond donors (Lipinski definition) is 2. The second kappa shape index (κ2) is 9.15. The molecular weight excluding hydrogens is 210 g/mol. The largest absolute Gasteiger partial charge is 0.466 e. The van der Waals surface area contributed by atoms with E-state index in [1.165, 1.54) is 0 Å². The topological polar surface area (TPSA) is 75.6 Å². The summed E-state index contributed by atoms with van der Waals surface area (Å²) in [6.07, 6.45) is 1.23. The van der Waals surface area contributed by atoms with Gasteiger partial charge in [-0.1, -0.05) is 13.3 Å². The molecule has 0 fully saturated rings. The molecule has 5 nitrogen and oxygen atoms in total. The molecule has 0 spiro atoms. The molecule has 5 heteroatoms. The minimum Gasteiger partial charge on any atom is -0.466 e. The molecule has 0 aliphatic heterocycles. The number of carbonyl (C=O) groups excluding carboxylic acids is 2. The molecule has 1 unspecified atom stereocenters. The van der Waals surface area contributed by atoms with Crippen LogP contribution in [0.5, 0.6) is 0 Å². The van der Waals surface area contributed by atoms with Gasteiger partial charge in [0.05, 0.1) is 19.1 Å². The number of aliphatic hydroxyl groups is 1. The van der Waals surface area contributed by atoms with Gasteiger partial charge in [-0.2, -0.15) is 0 Å². The van der Waals surface area contributed by atoms with Crippen molar-refractivity contribution in [2.75, 3.05) is 13.2 Å². The van der Waals surface area contributed by atoms with Gasteiger partial charge in [0.25, 0.3) is 0 Å². The lowest BCUT2D eigenvalue weighted by atomic mass is 10.2. The first-order chi connectivity index (χ1) is 7.60. The summed E-state index contributed by atoms with van der Waals surface area (Å²) in [7, 11) is 0. The van der Waals surface area contributed by atoms with E-state index in [4.69, 9.17) is 0 Å². The van der Waals surface area contributed by atoms with Crippen LogP contribution in [0.25, 0.3) is 0 Å². The maximum atomic E-state index is 11.2. The van der Waals surface area contributed by atoms with Gasteiger partial charge in [0, 0.05) is 13.0 Å². The Morgan fingerprint density at radius 2 is 2.00 bits per heavy atom. The number of aliphatic hydroxyl groups excluding tert-OH is 1. The molecule has 0 heterocycles. The Kier molecular flexibility index (Phi) is 8.52. The van der Waals surface area contributed by atoms with E-state index in [9.17, 15) is 14.7 Å². The predicted octanol–water partition coefficient (Wildman–Crippen LogP) is 0.607. The molecule has 0 radical (unpaired) electrons. The summed E-state index contributed by atoms with van der Waals surface area (Å²) in [6, 6.07) is 0. The zero-order chi connectivity index (χ0) is 12.4. The Bertz CT molecular complexity index is 218. The van der Waals surface area contributed by atoms with Gasteiger partial charge in [0.1, 0.15) is 0 Å². The normalized spacial score (nSPS) is 11.9. The van der Waals surface area contributed by atoms with E-state index < -0.39 is 6.10 Å². The van der Waals surface area contributed by atoms with Crippen LogP contribution in [0.1, 0.15) is 39.5 Å². The molecule has 0 rings (SSSR count). The van der Waals surface area contributed by atoms with Gasteiger partial charge in [-0.15, -0.1) is 0 Å². The average Bonchev–Trinajstić information content (AvgIpc) is 2.24. The highest BCUT2D eigenvalue weighted by Gasteiger charge is 2.09. The maximum absolute atomic E-state index is 11.2. The Morgan fingerprint density at radius 3 is 2.56 bits per heavy atom. The molecule has 1 atom stereocenters. The van der Waals surface area contributed by atoms with Gasteiger partial charge in [-0.05, 0) is 13.3 Å². The van der Waals surface area contributed by atoms with Crippen LogP contribution < -0.4 is 5.32 Å². The van der Waals surface area contributed by atoms with E-state index in [0.29, 0.717) is 13.0 Å². The fourth-order valence-corrected chi connectivity index (χ4v) is 1.20. The number of rotatable bonds is 8. The van der Waals surface area contributed by atoms with E-state index >= 15 is 0 Å². The van der Waals surface area contributed by atoms with Gasteiger partial charge < -0.3 is 15.2 Å². The lowest BCUT2D eigenvalue weighted by Gasteiger charge is -2.10. The first-order valence-electron chi connectivity index (χ1n) is 5.70. The summed E-state index contributed by atoms with van der Waals surface area (Å²) in [5, 5.41) is 11.9. The highest BCUT2D eigenvalue weighted by molar-refractivity contribution is 5.81. The molecule has 0 aliphatic carbocycles. The molecule has 0 aliphatic rings. The van der Waals surface area contributed by atoms with Crippen LogP contribution in [0, 0.1) is 0 Å². The average molecular weight is 231 g/mol. The third-order valence-electron chi connectivity index (χ3n) is 2.02. The number of nitrogens with one attached hydrogen (secondary N) is 1. The van der Waals surface area contributed by atoms with E-state index in [0.717, 1.165) is 6.42 Å². The van der Waals surface area contributed by atoms with Gasteiger partial charge in [-0.25, -0.2) is 0 Å². The quantitative estimate of drug-likeness (QED) is 0.600. The van der Waals surface area contributed by atoms with Crippen LogP contribution in [0.4, 0.5) is 0 Å². The molecule has 0 aromatic rings. The minimum atomic E-state index is -0.503. The van der Waals surface area contributed by atoms with Gasteiger partial charge in [-0.3, -0.25) is 9.59 Å². The SMILES string of the molecule is CCCC(O)CNC(=O)CCC(=O)OCC. The van der Waals surface area contributed by atoms with Crippen molar-refractivity contribution in [1.29, 1.82) is 0 Å². The van der Waals surface area contributed by atoms with Crippen molar-refractivity contribution in [2.24, 2.45) is 0 Å². The van der Waals surface area contributed by atoms with Crippen molar-refractivity contribution in [3.63, 3.8) is 0 Å². The number of ether oxygens (including phenoxy) is 1. The minimum absolute atomic E-state index is 0.0869. The number of amides is 1. The lowest BCUT2D eigenvalue weighted by molar-refractivity contribution is -0.144. The molecule has 2 N–H and O–H groups in total. The number of hydrogen-bond acceptors (Lipinski definition) is 4. The monoisotopic (exact) mass is 231 g/mol. The molecule has 0 aromatic carbocycles. The fraction of sp³-hybridized carbons (Fsp3) is 0.818. The van der Waals surface area contributed by atoms with Crippen molar-refractivity contribution >= 4 is 11.9 Å². The second-order valence-electron chi connectivity index (χ2n) is 3.55. The third-order valence-corrected chi connectivity index (χ3v) is 2.02. The highest BCUT2D eigenvalue weighted by atomic mass is 16.5. The van der Waals surface area contributed by atoms with Crippen molar-refractivity contribution in [1.82, 2.24) is 5.32 Å².